The highest BCUT2D eigenvalue weighted by Crippen LogP contribution is 2.25. The highest BCUT2D eigenvalue weighted by molar-refractivity contribution is 5.99. The van der Waals surface area contributed by atoms with E-state index in [2.05, 4.69) is 5.32 Å². The minimum Gasteiger partial charge on any atom is -0.345 e. The molecule has 1 N–H and O–H groups in total. The summed E-state index contributed by atoms with van der Waals surface area (Å²) in [7, 11) is 1.75. The summed E-state index contributed by atoms with van der Waals surface area (Å²) in [5.74, 6) is -0.215. The molecule has 0 fully saturated rings. The van der Waals surface area contributed by atoms with Crippen molar-refractivity contribution in [3.63, 3.8) is 0 Å². The lowest BCUT2D eigenvalue weighted by molar-refractivity contribution is -0.126. The van der Waals surface area contributed by atoms with Gasteiger partial charge in [0.25, 0.3) is 0 Å². The van der Waals surface area contributed by atoms with E-state index >= 15 is 0 Å². The third-order valence-electron chi connectivity index (χ3n) is 3.06. The number of nitrogens with one attached hydrogen (secondary N) is 1. The molecule has 0 saturated heterocycles. The maximum Gasteiger partial charge on any atom is 0.249 e. The van der Waals surface area contributed by atoms with Crippen LogP contribution in [0.25, 0.3) is 0 Å². The van der Waals surface area contributed by atoms with Gasteiger partial charge in [0.15, 0.2) is 0 Å². The Morgan fingerprint density at radius 2 is 2.12 bits per heavy atom. The lowest BCUT2D eigenvalue weighted by Crippen LogP contribution is -2.46. The van der Waals surface area contributed by atoms with Crippen molar-refractivity contribution in [1.82, 2.24) is 5.32 Å². The molecule has 1 aliphatic rings. The predicted octanol–water partition coefficient (Wildman–Crippen LogP) is 1.10. The Morgan fingerprint density at radius 3 is 2.82 bits per heavy atom. The maximum atomic E-state index is 12.2. The number of benzene rings is 1. The fourth-order valence-electron chi connectivity index (χ4n) is 2.20. The van der Waals surface area contributed by atoms with Crippen molar-refractivity contribution in [2.45, 2.75) is 25.8 Å². The molecule has 0 saturated carbocycles. The topological polar surface area (TPSA) is 49.4 Å². The second-order valence-electron chi connectivity index (χ2n) is 4.32. The average Bonchev–Trinajstić information content (AvgIpc) is 2.42. The highest BCUT2D eigenvalue weighted by Gasteiger charge is 2.28. The van der Waals surface area contributed by atoms with Crippen molar-refractivity contribution in [3.8, 4) is 0 Å². The molecular weight excluding hydrogens is 216 g/mol. The number of hydrogen-bond acceptors (Lipinski definition) is 2. The third-order valence-corrected chi connectivity index (χ3v) is 3.06. The van der Waals surface area contributed by atoms with Crippen LogP contribution in [0.2, 0.25) is 0 Å². The van der Waals surface area contributed by atoms with Crippen LogP contribution in [0.4, 0.5) is 5.69 Å². The number of amides is 2. The summed E-state index contributed by atoms with van der Waals surface area (Å²) in [4.78, 5) is 24.9. The first kappa shape index (κ1) is 11.6. The first-order chi connectivity index (χ1) is 8.09. The minimum atomic E-state index is -0.412. The molecule has 1 atom stereocenters. The van der Waals surface area contributed by atoms with Crippen molar-refractivity contribution < 1.29 is 9.59 Å². The van der Waals surface area contributed by atoms with Gasteiger partial charge in [-0.1, -0.05) is 18.2 Å². The summed E-state index contributed by atoms with van der Waals surface area (Å²) >= 11 is 0. The van der Waals surface area contributed by atoms with E-state index < -0.39 is 6.04 Å². The molecule has 1 heterocycles. The molecule has 2 rings (SSSR count). The van der Waals surface area contributed by atoms with Crippen LogP contribution in [0.5, 0.6) is 0 Å². The van der Waals surface area contributed by atoms with E-state index in [4.69, 9.17) is 0 Å². The molecule has 90 valence electrons. The zero-order valence-corrected chi connectivity index (χ0v) is 10.1. The number of para-hydroxylation sites is 1. The Bertz CT molecular complexity index is 456. The van der Waals surface area contributed by atoms with Gasteiger partial charge in [0.2, 0.25) is 11.8 Å². The van der Waals surface area contributed by atoms with Gasteiger partial charge in [-0.25, -0.2) is 0 Å². The van der Waals surface area contributed by atoms with Crippen molar-refractivity contribution in [3.05, 3.63) is 29.8 Å². The van der Waals surface area contributed by atoms with Crippen LogP contribution in [0, 0.1) is 0 Å². The largest absolute Gasteiger partial charge is 0.345 e. The maximum absolute atomic E-state index is 12.2. The van der Waals surface area contributed by atoms with Crippen LogP contribution in [0.3, 0.4) is 0 Å². The standard InChI is InChI=1S/C13H16N2O2/c1-9(16)14-11-8-7-10-5-3-4-6-12(10)15(2)13(11)17/h3-6,11H,7-8H2,1-2H3,(H,14,16). The minimum absolute atomic E-state index is 0.0508. The van der Waals surface area contributed by atoms with E-state index in [1.807, 2.05) is 24.3 Å². The van der Waals surface area contributed by atoms with Gasteiger partial charge in [-0.3, -0.25) is 9.59 Å². The van der Waals surface area contributed by atoms with Crippen molar-refractivity contribution in [2.24, 2.45) is 0 Å². The number of hydrogen-bond donors (Lipinski definition) is 1. The summed E-state index contributed by atoms with van der Waals surface area (Å²) in [5.41, 5.74) is 2.08. The van der Waals surface area contributed by atoms with Crippen LogP contribution in [0.15, 0.2) is 24.3 Å². The van der Waals surface area contributed by atoms with Crippen LogP contribution in [0.1, 0.15) is 18.9 Å². The number of nitrogens with zero attached hydrogens (tertiary/aromatic N) is 1. The highest BCUT2D eigenvalue weighted by atomic mass is 16.2. The molecule has 1 aliphatic heterocycles. The van der Waals surface area contributed by atoms with Crippen LogP contribution in [-0.2, 0) is 16.0 Å². The monoisotopic (exact) mass is 232 g/mol. The van der Waals surface area contributed by atoms with Gasteiger partial charge < -0.3 is 10.2 Å². The predicted molar refractivity (Wildman–Crippen MR) is 65.8 cm³/mol. The summed E-state index contributed by atoms with van der Waals surface area (Å²) in [6, 6.07) is 7.43. The number of rotatable bonds is 1. The average molecular weight is 232 g/mol. The molecule has 0 aliphatic carbocycles. The Kier molecular flexibility index (Phi) is 3.13. The molecule has 1 aromatic rings. The normalized spacial score (nSPS) is 19.5. The molecule has 4 nitrogen and oxygen atoms in total. The Morgan fingerprint density at radius 1 is 1.41 bits per heavy atom. The summed E-state index contributed by atoms with van der Waals surface area (Å²) in [5, 5.41) is 2.71. The van der Waals surface area contributed by atoms with Crippen LogP contribution < -0.4 is 10.2 Å². The van der Waals surface area contributed by atoms with Crippen molar-refractivity contribution in [1.29, 1.82) is 0 Å². The van der Waals surface area contributed by atoms with E-state index in [-0.39, 0.29) is 11.8 Å². The second-order valence-corrected chi connectivity index (χ2v) is 4.32. The van der Waals surface area contributed by atoms with Crippen molar-refractivity contribution in [2.75, 3.05) is 11.9 Å². The fraction of sp³-hybridized carbons (Fsp3) is 0.385. The SMILES string of the molecule is CC(=O)NC1CCc2ccccc2N(C)C1=O. The van der Waals surface area contributed by atoms with Gasteiger partial charge >= 0.3 is 0 Å². The first-order valence-electron chi connectivity index (χ1n) is 5.72. The van der Waals surface area contributed by atoms with E-state index in [1.54, 1.807) is 11.9 Å². The zero-order valence-electron chi connectivity index (χ0n) is 10.1. The van der Waals surface area contributed by atoms with E-state index in [0.29, 0.717) is 6.42 Å². The first-order valence-corrected chi connectivity index (χ1v) is 5.72. The lowest BCUT2D eigenvalue weighted by Gasteiger charge is -2.21. The van der Waals surface area contributed by atoms with E-state index in [1.165, 1.54) is 6.92 Å². The molecule has 0 bridgehead atoms. The number of likely N-dealkylation sites (N-methyl/N-ethyl adjacent to an activating group) is 1. The summed E-state index contributed by atoms with van der Waals surface area (Å²) in [6.45, 7) is 1.44. The quantitative estimate of drug-likeness (QED) is 0.788. The number of carbonyl (C=O) groups excluding carboxylic acids is 2. The molecule has 0 aromatic heterocycles. The molecule has 0 radical (unpaired) electrons. The van der Waals surface area contributed by atoms with Crippen LogP contribution in [-0.4, -0.2) is 24.9 Å². The number of carbonyl (C=O) groups is 2. The lowest BCUT2D eigenvalue weighted by atomic mass is 10.1. The molecule has 1 aromatic carbocycles. The third kappa shape index (κ3) is 2.30. The molecule has 1 unspecified atom stereocenters. The van der Waals surface area contributed by atoms with Crippen molar-refractivity contribution >= 4 is 17.5 Å². The van der Waals surface area contributed by atoms with Crippen LogP contribution >= 0.6 is 0 Å². The smallest absolute Gasteiger partial charge is 0.249 e. The Labute approximate surface area is 101 Å². The van der Waals surface area contributed by atoms with Gasteiger partial charge in [-0.15, -0.1) is 0 Å². The Balaban J connectivity index is 2.29. The van der Waals surface area contributed by atoms with Gasteiger partial charge in [0, 0.05) is 19.7 Å². The second kappa shape index (κ2) is 4.57. The summed E-state index contributed by atoms with van der Waals surface area (Å²) in [6.07, 6.45) is 1.46. The molecule has 0 spiro atoms. The summed E-state index contributed by atoms with van der Waals surface area (Å²) < 4.78 is 0. The Hall–Kier alpha value is -1.84. The molecule has 17 heavy (non-hydrogen) atoms. The number of anilines is 1. The molecule has 4 heteroatoms. The molecule has 2 amide bonds. The van der Waals surface area contributed by atoms with E-state index in [9.17, 15) is 9.59 Å². The van der Waals surface area contributed by atoms with Gasteiger partial charge in [0.05, 0.1) is 0 Å². The molecular formula is C13H16N2O2. The number of fused-ring (bicyclic) bond motifs is 1. The van der Waals surface area contributed by atoms with E-state index in [0.717, 1.165) is 17.7 Å². The van der Waals surface area contributed by atoms with Gasteiger partial charge in [0.1, 0.15) is 6.04 Å². The zero-order chi connectivity index (χ0) is 12.4. The number of aryl methyl sites for hydroxylation is 1. The van der Waals surface area contributed by atoms with Gasteiger partial charge in [-0.2, -0.15) is 0 Å². The fourth-order valence-corrected chi connectivity index (χ4v) is 2.20. The van der Waals surface area contributed by atoms with Gasteiger partial charge in [-0.05, 0) is 24.5 Å².